The van der Waals surface area contributed by atoms with Gasteiger partial charge in [0.2, 0.25) is 5.91 Å². The van der Waals surface area contributed by atoms with E-state index in [-0.39, 0.29) is 5.91 Å². The van der Waals surface area contributed by atoms with Gasteiger partial charge in [-0.2, -0.15) is 0 Å². The summed E-state index contributed by atoms with van der Waals surface area (Å²) in [5.74, 6) is -0.0873. The van der Waals surface area contributed by atoms with Crippen LogP contribution in [0.25, 0.3) is 10.8 Å². The molecule has 23 heavy (non-hydrogen) atoms. The predicted octanol–water partition coefficient (Wildman–Crippen LogP) is 3.68. The second-order valence-corrected chi connectivity index (χ2v) is 5.82. The van der Waals surface area contributed by atoms with Crippen molar-refractivity contribution in [1.82, 2.24) is 0 Å². The number of hydrogen-bond acceptors (Lipinski definition) is 3. The maximum atomic E-state index is 12.0. The lowest BCUT2D eigenvalue weighted by atomic mass is 10.1. The van der Waals surface area contributed by atoms with Crippen molar-refractivity contribution in [3.05, 3.63) is 36.4 Å². The summed E-state index contributed by atoms with van der Waals surface area (Å²) in [6.45, 7) is 3.76. The Morgan fingerprint density at radius 3 is 2.48 bits per heavy atom. The van der Waals surface area contributed by atoms with E-state index in [1.54, 1.807) is 12.1 Å². The standard InChI is InChI=1S/C18H21NO4/c1-12(2)7-10-17(20)19-15-8-9-16(23-11-18(21)22)14-6-4-3-5-13(14)15/h3-6,8-9,12H,7,10-11H2,1-2H3,(H,19,20)(H,21,22). The van der Waals surface area contributed by atoms with E-state index in [0.717, 1.165) is 17.2 Å². The van der Waals surface area contributed by atoms with E-state index in [2.05, 4.69) is 19.2 Å². The fourth-order valence-corrected chi connectivity index (χ4v) is 2.28. The van der Waals surface area contributed by atoms with Crippen molar-refractivity contribution in [3.8, 4) is 5.75 Å². The van der Waals surface area contributed by atoms with Gasteiger partial charge in [-0.3, -0.25) is 4.79 Å². The average Bonchev–Trinajstić information content (AvgIpc) is 2.52. The quantitative estimate of drug-likeness (QED) is 0.817. The van der Waals surface area contributed by atoms with Gasteiger partial charge in [0.05, 0.1) is 0 Å². The Kier molecular flexibility index (Phi) is 5.57. The summed E-state index contributed by atoms with van der Waals surface area (Å²) in [5, 5.41) is 13.3. The average molecular weight is 315 g/mol. The third-order valence-electron chi connectivity index (χ3n) is 3.46. The van der Waals surface area contributed by atoms with E-state index in [4.69, 9.17) is 9.84 Å². The van der Waals surface area contributed by atoms with Crippen molar-refractivity contribution in [3.63, 3.8) is 0 Å². The fraction of sp³-hybridized carbons (Fsp3) is 0.333. The van der Waals surface area contributed by atoms with Crippen LogP contribution >= 0.6 is 0 Å². The largest absolute Gasteiger partial charge is 0.481 e. The maximum Gasteiger partial charge on any atom is 0.341 e. The molecule has 1 amide bonds. The molecule has 0 bridgehead atoms. The van der Waals surface area contributed by atoms with Gasteiger partial charge in [0, 0.05) is 22.9 Å². The molecule has 5 nitrogen and oxygen atoms in total. The highest BCUT2D eigenvalue weighted by Gasteiger charge is 2.11. The van der Waals surface area contributed by atoms with E-state index in [1.807, 2.05) is 24.3 Å². The minimum Gasteiger partial charge on any atom is -0.481 e. The number of amides is 1. The molecule has 0 radical (unpaired) electrons. The number of fused-ring (bicyclic) bond motifs is 1. The highest BCUT2D eigenvalue weighted by atomic mass is 16.5. The zero-order chi connectivity index (χ0) is 16.8. The number of carboxylic acids is 1. The summed E-state index contributed by atoms with van der Waals surface area (Å²) < 4.78 is 5.31. The first-order valence-corrected chi connectivity index (χ1v) is 7.63. The number of carbonyl (C=O) groups is 2. The summed E-state index contributed by atoms with van der Waals surface area (Å²) in [6.07, 6.45) is 1.31. The lowest BCUT2D eigenvalue weighted by Gasteiger charge is -2.13. The number of benzene rings is 2. The van der Waals surface area contributed by atoms with Gasteiger partial charge in [-0.1, -0.05) is 38.1 Å². The van der Waals surface area contributed by atoms with Crippen LogP contribution in [0.15, 0.2) is 36.4 Å². The molecule has 0 fully saturated rings. The number of anilines is 1. The van der Waals surface area contributed by atoms with Crippen molar-refractivity contribution < 1.29 is 19.4 Å². The molecule has 2 N–H and O–H groups in total. The lowest BCUT2D eigenvalue weighted by molar-refractivity contribution is -0.139. The highest BCUT2D eigenvalue weighted by molar-refractivity contribution is 6.04. The van der Waals surface area contributed by atoms with Crippen molar-refractivity contribution in [2.24, 2.45) is 5.92 Å². The van der Waals surface area contributed by atoms with Crippen LogP contribution in [-0.2, 0) is 9.59 Å². The van der Waals surface area contributed by atoms with Gasteiger partial charge < -0.3 is 15.2 Å². The fourth-order valence-electron chi connectivity index (χ4n) is 2.28. The number of nitrogens with one attached hydrogen (secondary N) is 1. The van der Waals surface area contributed by atoms with Crippen LogP contribution in [0, 0.1) is 5.92 Å². The van der Waals surface area contributed by atoms with Gasteiger partial charge in [0.25, 0.3) is 0 Å². The Bertz CT molecular complexity index is 709. The summed E-state index contributed by atoms with van der Waals surface area (Å²) in [6, 6.07) is 10.9. The molecular weight excluding hydrogens is 294 g/mol. The van der Waals surface area contributed by atoms with Gasteiger partial charge in [-0.15, -0.1) is 0 Å². The molecule has 0 aromatic heterocycles. The minimum atomic E-state index is -1.03. The Balaban J connectivity index is 2.23. The Morgan fingerprint density at radius 1 is 1.13 bits per heavy atom. The van der Waals surface area contributed by atoms with Crippen LogP contribution in [0.5, 0.6) is 5.75 Å². The molecule has 2 rings (SSSR count). The first-order valence-electron chi connectivity index (χ1n) is 7.63. The third kappa shape index (κ3) is 4.71. The lowest BCUT2D eigenvalue weighted by Crippen LogP contribution is -2.13. The SMILES string of the molecule is CC(C)CCC(=O)Nc1ccc(OCC(=O)O)c2ccccc12. The molecule has 0 aliphatic carbocycles. The van der Waals surface area contributed by atoms with Gasteiger partial charge in [-0.25, -0.2) is 4.79 Å². The molecule has 0 heterocycles. The number of carbonyl (C=O) groups excluding carboxylic acids is 1. The van der Waals surface area contributed by atoms with Gasteiger partial charge in [0.1, 0.15) is 5.75 Å². The van der Waals surface area contributed by atoms with Crippen LogP contribution in [0.4, 0.5) is 5.69 Å². The first kappa shape index (κ1) is 16.8. The molecule has 5 heteroatoms. The smallest absolute Gasteiger partial charge is 0.341 e. The third-order valence-corrected chi connectivity index (χ3v) is 3.46. The minimum absolute atomic E-state index is 0.0249. The Hall–Kier alpha value is -2.56. The molecule has 122 valence electrons. The number of aliphatic carboxylic acids is 1. The molecule has 0 aliphatic rings. The molecule has 0 spiro atoms. The summed E-state index contributed by atoms with van der Waals surface area (Å²) in [7, 11) is 0. The van der Waals surface area contributed by atoms with Crippen LogP contribution in [-0.4, -0.2) is 23.6 Å². The van der Waals surface area contributed by atoms with Crippen LogP contribution in [0.1, 0.15) is 26.7 Å². The van der Waals surface area contributed by atoms with E-state index >= 15 is 0 Å². The van der Waals surface area contributed by atoms with Gasteiger partial charge >= 0.3 is 5.97 Å². The second-order valence-electron chi connectivity index (χ2n) is 5.82. The Morgan fingerprint density at radius 2 is 1.83 bits per heavy atom. The maximum absolute atomic E-state index is 12.0. The topological polar surface area (TPSA) is 75.6 Å². The van der Waals surface area contributed by atoms with E-state index in [0.29, 0.717) is 23.8 Å². The molecular formula is C18H21NO4. The summed E-state index contributed by atoms with van der Waals surface area (Å²) in [5.41, 5.74) is 0.706. The molecule has 0 saturated heterocycles. The molecule has 0 atom stereocenters. The Labute approximate surface area is 135 Å². The van der Waals surface area contributed by atoms with Gasteiger partial charge in [-0.05, 0) is 24.5 Å². The summed E-state index contributed by atoms with van der Waals surface area (Å²) in [4.78, 5) is 22.7. The van der Waals surface area contributed by atoms with Crippen LogP contribution in [0.2, 0.25) is 0 Å². The number of rotatable bonds is 7. The first-order chi connectivity index (χ1) is 11.0. The van der Waals surface area contributed by atoms with Crippen molar-refractivity contribution in [1.29, 1.82) is 0 Å². The molecule has 2 aromatic rings. The second kappa shape index (κ2) is 7.63. The van der Waals surface area contributed by atoms with Crippen LogP contribution in [0.3, 0.4) is 0 Å². The van der Waals surface area contributed by atoms with E-state index < -0.39 is 12.6 Å². The van der Waals surface area contributed by atoms with Gasteiger partial charge in [0.15, 0.2) is 6.61 Å². The summed E-state index contributed by atoms with van der Waals surface area (Å²) >= 11 is 0. The molecule has 0 unspecified atom stereocenters. The highest BCUT2D eigenvalue weighted by Crippen LogP contribution is 2.31. The number of hydrogen-bond donors (Lipinski definition) is 2. The zero-order valence-corrected chi connectivity index (χ0v) is 13.3. The van der Waals surface area contributed by atoms with E-state index in [9.17, 15) is 9.59 Å². The number of carboxylic acid groups (broad SMARTS) is 1. The number of ether oxygens (including phenoxy) is 1. The van der Waals surface area contributed by atoms with Crippen molar-refractivity contribution in [2.45, 2.75) is 26.7 Å². The molecule has 0 aliphatic heterocycles. The molecule has 2 aromatic carbocycles. The predicted molar refractivity (Wildman–Crippen MR) is 89.8 cm³/mol. The van der Waals surface area contributed by atoms with Crippen LogP contribution < -0.4 is 10.1 Å². The van der Waals surface area contributed by atoms with Crippen molar-refractivity contribution >= 4 is 28.3 Å². The zero-order valence-electron chi connectivity index (χ0n) is 13.3. The monoisotopic (exact) mass is 315 g/mol. The van der Waals surface area contributed by atoms with Crippen molar-refractivity contribution in [2.75, 3.05) is 11.9 Å². The molecule has 0 saturated carbocycles. The normalized spacial score (nSPS) is 10.7. The van der Waals surface area contributed by atoms with E-state index in [1.165, 1.54) is 0 Å².